The number of hydrogen-bond acceptors (Lipinski definition) is 3. The van der Waals surface area contributed by atoms with E-state index < -0.39 is 16.0 Å². The largest absolute Gasteiger partial charge is 0.481 e. The summed E-state index contributed by atoms with van der Waals surface area (Å²) in [6.07, 6.45) is 3.46. The lowest BCUT2D eigenvalue weighted by Gasteiger charge is -2.10. The van der Waals surface area contributed by atoms with Crippen LogP contribution < -0.4 is 4.72 Å². The van der Waals surface area contributed by atoms with Gasteiger partial charge in [-0.3, -0.25) is 4.79 Å². The van der Waals surface area contributed by atoms with Crippen LogP contribution in [0.25, 0.3) is 0 Å². The summed E-state index contributed by atoms with van der Waals surface area (Å²) in [6.45, 7) is 0. The maximum absolute atomic E-state index is 11.7. The fraction of sp³-hybridized carbons (Fsp3) is 0.909. The van der Waals surface area contributed by atoms with Gasteiger partial charge in [0.2, 0.25) is 10.0 Å². The van der Waals surface area contributed by atoms with Crippen molar-refractivity contribution in [3.63, 3.8) is 0 Å². The van der Waals surface area contributed by atoms with E-state index in [9.17, 15) is 13.2 Å². The van der Waals surface area contributed by atoms with Crippen molar-refractivity contribution in [1.29, 1.82) is 0 Å². The quantitative estimate of drug-likeness (QED) is 0.749. The van der Waals surface area contributed by atoms with Crippen LogP contribution in [-0.2, 0) is 14.8 Å². The number of hydrogen-bond donors (Lipinski definition) is 2. The van der Waals surface area contributed by atoms with Crippen LogP contribution in [0.15, 0.2) is 0 Å². The molecule has 4 atom stereocenters. The highest BCUT2D eigenvalue weighted by atomic mass is 32.2. The van der Waals surface area contributed by atoms with Crippen LogP contribution in [-0.4, -0.2) is 31.3 Å². The van der Waals surface area contributed by atoms with E-state index in [1.807, 2.05) is 0 Å². The molecule has 0 heterocycles. The van der Waals surface area contributed by atoms with E-state index in [1.165, 1.54) is 19.3 Å². The van der Waals surface area contributed by atoms with Gasteiger partial charge in [0, 0.05) is 6.04 Å². The minimum Gasteiger partial charge on any atom is -0.481 e. The summed E-state index contributed by atoms with van der Waals surface area (Å²) in [5.74, 6) is 1.18. The summed E-state index contributed by atoms with van der Waals surface area (Å²) >= 11 is 0. The van der Waals surface area contributed by atoms with Crippen LogP contribution in [0.1, 0.15) is 25.7 Å². The van der Waals surface area contributed by atoms with Crippen molar-refractivity contribution >= 4 is 16.0 Å². The number of fused-ring (bicyclic) bond motifs is 5. The first-order valence-corrected chi connectivity index (χ1v) is 7.85. The highest BCUT2D eigenvalue weighted by Crippen LogP contribution is 2.65. The molecule has 17 heavy (non-hydrogen) atoms. The number of aliphatic carboxylic acids is 1. The van der Waals surface area contributed by atoms with Crippen LogP contribution in [0.5, 0.6) is 0 Å². The summed E-state index contributed by atoms with van der Waals surface area (Å²) in [6, 6.07) is 0.111. The van der Waals surface area contributed by atoms with Gasteiger partial charge in [-0.15, -0.1) is 0 Å². The monoisotopic (exact) mass is 259 g/mol. The molecule has 0 aliphatic heterocycles. The number of carboxylic acids is 1. The average molecular weight is 259 g/mol. The molecule has 6 heteroatoms. The normalized spacial score (nSPS) is 42.5. The lowest BCUT2D eigenvalue weighted by atomic mass is 10.0. The molecule has 0 aromatic carbocycles. The van der Waals surface area contributed by atoms with Gasteiger partial charge in [0.05, 0.1) is 12.2 Å². The number of carboxylic acid groups (broad SMARTS) is 1. The topological polar surface area (TPSA) is 83.5 Å². The molecule has 0 saturated heterocycles. The van der Waals surface area contributed by atoms with Gasteiger partial charge in [-0.25, -0.2) is 13.1 Å². The molecule has 0 amide bonds. The van der Waals surface area contributed by atoms with Gasteiger partial charge < -0.3 is 5.11 Å². The lowest BCUT2D eigenvalue weighted by Crippen LogP contribution is -2.32. The van der Waals surface area contributed by atoms with E-state index in [2.05, 4.69) is 4.72 Å². The minimum absolute atomic E-state index is 0.111. The molecule has 3 rings (SSSR count). The summed E-state index contributed by atoms with van der Waals surface area (Å²) in [4.78, 5) is 10.4. The molecule has 5 nitrogen and oxygen atoms in total. The summed E-state index contributed by atoms with van der Waals surface area (Å²) in [5, 5.41) is 8.49. The third kappa shape index (κ3) is 1.97. The van der Waals surface area contributed by atoms with Crippen LogP contribution in [0.4, 0.5) is 0 Å². The summed E-state index contributed by atoms with van der Waals surface area (Å²) < 4.78 is 26.0. The third-order valence-corrected chi connectivity index (χ3v) is 6.01. The zero-order valence-corrected chi connectivity index (χ0v) is 10.3. The van der Waals surface area contributed by atoms with Crippen LogP contribution in [0.3, 0.4) is 0 Å². The SMILES string of the molecule is O=C(O)CCS(=O)(=O)NC1C2C3CCC(C3)C12. The Balaban J connectivity index is 1.57. The molecule has 3 aliphatic carbocycles. The predicted molar refractivity (Wildman–Crippen MR) is 60.8 cm³/mol. The van der Waals surface area contributed by atoms with E-state index in [-0.39, 0.29) is 18.2 Å². The Morgan fingerprint density at radius 2 is 1.82 bits per heavy atom. The van der Waals surface area contributed by atoms with Crippen molar-refractivity contribution in [3.8, 4) is 0 Å². The number of sulfonamides is 1. The second-order valence-corrected chi connectivity index (χ2v) is 7.47. The Morgan fingerprint density at radius 1 is 1.24 bits per heavy atom. The van der Waals surface area contributed by atoms with Crippen molar-refractivity contribution < 1.29 is 18.3 Å². The molecule has 96 valence electrons. The predicted octanol–water partition coefficient (Wildman–Crippen LogP) is 0.425. The van der Waals surface area contributed by atoms with Crippen molar-refractivity contribution in [2.75, 3.05) is 5.75 Å². The molecule has 0 aromatic rings. The zero-order valence-electron chi connectivity index (χ0n) is 9.50. The van der Waals surface area contributed by atoms with E-state index in [0.29, 0.717) is 11.8 Å². The van der Waals surface area contributed by atoms with E-state index in [0.717, 1.165) is 11.8 Å². The molecule has 0 radical (unpaired) electrons. The maximum atomic E-state index is 11.7. The standard InChI is InChI=1S/C11H17NO4S/c13-8(14)3-4-17(15,16)12-11-9-6-1-2-7(5-6)10(9)11/h6-7,9-12H,1-5H2,(H,13,14). The van der Waals surface area contributed by atoms with Crippen molar-refractivity contribution in [2.45, 2.75) is 31.7 Å². The first kappa shape index (κ1) is 11.5. The Hall–Kier alpha value is -0.620. The lowest BCUT2D eigenvalue weighted by molar-refractivity contribution is -0.136. The molecule has 2 N–H and O–H groups in total. The van der Waals surface area contributed by atoms with Crippen LogP contribution in [0, 0.1) is 23.7 Å². The minimum atomic E-state index is -3.41. The molecule has 0 aromatic heterocycles. The molecule has 3 fully saturated rings. The van der Waals surface area contributed by atoms with E-state index >= 15 is 0 Å². The van der Waals surface area contributed by atoms with Gasteiger partial charge >= 0.3 is 5.97 Å². The second kappa shape index (κ2) is 3.68. The smallest absolute Gasteiger partial charge is 0.304 e. The molecule has 3 aliphatic rings. The fourth-order valence-electron chi connectivity index (χ4n) is 3.97. The maximum Gasteiger partial charge on any atom is 0.304 e. The molecule has 3 saturated carbocycles. The zero-order chi connectivity index (χ0) is 12.2. The van der Waals surface area contributed by atoms with Gasteiger partial charge in [-0.1, -0.05) is 0 Å². The number of carbonyl (C=O) groups is 1. The van der Waals surface area contributed by atoms with Crippen LogP contribution in [0.2, 0.25) is 0 Å². The summed E-state index contributed by atoms with van der Waals surface area (Å²) in [5.41, 5.74) is 0. The Kier molecular flexibility index (Phi) is 2.49. The van der Waals surface area contributed by atoms with Gasteiger partial charge in [-0.05, 0) is 42.9 Å². The second-order valence-electron chi connectivity index (χ2n) is 5.59. The van der Waals surface area contributed by atoms with Crippen molar-refractivity contribution in [3.05, 3.63) is 0 Å². The fourth-order valence-corrected chi connectivity index (χ4v) is 5.26. The average Bonchev–Trinajstić information content (AvgIpc) is 2.67. The van der Waals surface area contributed by atoms with Gasteiger partial charge in [-0.2, -0.15) is 0 Å². The van der Waals surface area contributed by atoms with Gasteiger partial charge in [0.1, 0.15) is 0 Å². The van der Waals surface area contributed by atoms with E-state index in [1.54, 1.807) is 0 Å². The molecule has 2 bridgehead atoms. The number of rotatable bonds is 5. The van der Waals surface area contributed by atoms with Crippen LogP contribution >= 0.6 is 0 Å². The summed E-state index contributed by atoms with van der Waals surface area (Å²) in [7, 11) is -3.41. The Labute approximate surface area is 101 Å². The molecular formula is C11H17NO4S. The third-order valence-electron chi connectivity index (χ3n) is 4.64. The molecular weight excluding hydrogens is 242 g/mol. The molecule has 0 spiro atoms. The van der Waals surface area contributed by atoms with Gasteiger partial charge in [0.25, 0.3) is 0 Å². The number of nitrogens with one attached hydrogen (secondary N) is 1. The Morgan fingerprint density at radius 3 is 2.35 bits per heavy atom. The first-order chi connectivity index (χ1) is 7.98. The highest BCUT2D eigenvalue weighted by molar-refractivity contribution is 7.89. The van der Waals surface area contributed by atoms with Crippen molar-refractivity contribution in [1.82, 2.24) is 4.72 Å². The highest BCUT2D eigenvalue weighted by Gasteiger charge is 2.65. The van der Waals surface area contributed by atoms with Gasteiger partial charge in [0.15, 0.2) is 0 Å². The van der Waals surface area contributed by atoms with Crippen molar-refractivity contribution in [2.24, 2.45) is 23.7 Å². The first-order valence-electron chi connectivity index (χ1n) is 6.20. The van der Waals surface area contributed by atoms with E-state index in [4.69, 9.17) is 5.11 Å². The molecule has 4 unspecified atom stereocenters. The Bertz CT molecular complexity index is 430.